The third-order valence-electron chi connectivity index (χ3n) is 2.88. The average molecular weight is 322 g/mol. The Morgan fingerprint density at radius 2 is 1.71 bits per heavy atom. The Bertz CT molecular complexity index is 530. The fourth-order valence-corrected chi connectivity index (χ4v) is 3.56. The molecule has 112 valence electrons. The van der Waals surface area contributed by atoms with Gasteiger partial charge in [-0.2, -0.15) is 0 Å². The topological polar surface area (TPSA) is 58.2 Å². The lowest BCUT2D eigenvalue weighted by Gasteiger charge is -2.16. The molecule has 4 nitrogen and oxygen atoms in total. The molecule has 2 heterocycles. The second-order valence-electron chi connectivity index (χ2n) is 4.56. The van der Waals surface area contributed by atoms with Gasteiger partial charge in [0.1, 0.15) is 0 Å². The molecule has 0 spiro atoms. The van der Waals surface area contributed by atoms with Crippen LogP contribution in [0.4, 0.5) is 0 Å². The van der Waals surface area contributed by atoms with Gasteiger partial charge in [0.2, 0.25) is 11.8 Å². The molecule has 0 bridgehead atoms. The standard InChI is InChI=1S/C15H18N2O2S2/c1-2-5-13(18)16-10-14(19)17-15(11-6-3-8-20-11)12-7-4-9-21-12/h3-4,6-9,15H,2,5,10H2,1H3,(H,16,18)(H,17,19). The molecule has 2 N–H and O–H groups in total. The second-order valence-corrected chi connectivity index (χ2v) is 6.52. The molecule has 2 amide bonds. The maximum Gasteiger partial charge on any atom is 0.240 e. The van der Waals surface area contributed by atoms with Gasteiger partial charge in [-0.3, -0.25) is 9.59 Å². The zero-order chi connectivity index (χ0) is 15.1. The van der Waals surface area contributed by atoms with E-state index in [4.69, 9.17) is 0 Å². The number of hydrogen-bond donors (Lipinski definition) is 2. The van der Waals surface area contributed by atoms with Crippen molar-refractivity contribution in [1.29, 1.82) is 0 Å². The van der Waals surface area contributed by atoms with Gasteiger partial charge in [0.25, 0.3) is 0 Å². The van der Waals surface area contributed by atoms with Crippen LogP contribution in [-0.2, 0) is 9.59 Å². The first-order valence-corrected chi connectivity index (χ1v) is 8.59. The number of thiophene rings is 2. The van der Waals surface area contributed by atoms with Gasteiger partial charge in [-0.15, -0.1) is 22.7 Å². The fourth-order valence-electron chi connectivity index (χ4n) is 1.90. The molecule has 21 heavy (non-hydrogen) atoms. The Hall–Kier alpha value is -1.66. The summed E-state index contributed by atoms with van der Waals surface area (Å²) >= 11 is 3.22. The molecule has 0 atom stereocenters. The second kappa shape index (κ2) is 7.95. The molecule has 0 fully saturated rings. The molecule has 2 aromatic heterocycles. The molecule has 0 aromatic carbocycles. The van der Waals surface area contributed by atoms with Crippen molar-refractivity contribution in [3.63, 3.8) is 0 Å². The molecule has 2 rings (SSSR count). The van der Waals surface area contributed by atoms with Crippen LogP contribution in [0.15, 0.2) is 35.0 Å². The van der Waals surface area contributed by atoms with Gasteiger partial charge in [-0.1, -0.05) is 19.1 Å². The Kier molecular flexibility index (Phi) is 5.95. The van der Waals surface area contributed by atoms with E-state index in [-0.39, 0.29) is 24.4 Å². The lowest BCUT2D eigenvalue weighted by Crippen LogP contribution is -2.38. The summed E-state index contributed by atoms with van der Waals surface area (Å²) in [6, 6.07) is 7.81. The smallest absolute Gasteiger partial charge is 0.240 e. The molecular weight excluding hydrogens is 304 g/mol. The van der Waals surface area contributed by atoms with Crippen molar-refractivity contribution in [1.82, 2.24) is 10.6 Å². The van der Waals surface area contributed by atoms with E-state index in [9.17, 15) is 9.59 Å². The number of amides is 2. The third-order valence-corrected chi connectivity index (χ3v) is 4.76. The molecule has 0 radical (unpaired) electrons. The van der Waals surface area contributed by atoms with E-state index in [2.05, 4.69) is 10.6 Å². The van der Waals surface area contributed by atoms with Gasteiger partial charge in [0, 0.05) is 16.2 Å². The Morgan fingerprint density at radius 1 is 1.10 bits per heavy atom. The number of carbonyl (C=O) groups is 2. The van der Waals surface area contributed by atoms with Crippen LogP contribution >= 0.6 is 22.7 Å². The van der Waals surface area contributed by atoms with Gasteiger partial charge >= 0.3 is 0 Å². The Balaban J connectivity index is 1.96. The minimum Gasteiger partial charge on any atom is -0.347 e. The predicted octanol–water partition coefficient (Wildman–Crippen LogP) is 2.93. The first-order valence-electron chi connectivity index (χ1n) is 6.83. The normalized spacial score (nSPS) is 10.6. The number of carbonyl (C=O) groups excluding carboxylic acids is 2. The fraction of sp³-hybridized carbons (Fsp3) is 0.333. The monoisotopic (exact) mass is 322 g/mol. The number of rotatable bonds is 7. The van der Waals surface area contributed by atoms with Crippen LogP contribution in [0.3, 0.4) is 0 Å². The summed E-state index contributed by atoms with van der Waals surface area (Å²) in [5.74, 6) is -0.261. The van der Waals surface area contributed by atoms with Crippen molar-refractivity contribution >= 4 is 34.5 Å². The zero-order valence-corrected chi connectivity index (χ0v) is 13.4. The van der Waals surface area contributed by atoms with E-state index in [1.165, 1.54) is 0 Å². The van der Waals surface area contributed by atoms with E-state index >= 15 is 0 Å². The number of hydrogen-bond acceptors (Lipinski definition) is 4. The summed E-state index contributed by atoms with van der Waals surface area (Å²) in [7, 11) is 0. The van der Waals surface area contributed by atoms with E-state index in [0.717, 1.165) is 16.2 Å². The van der Waals surface area contributed by atoms with Crippen LogP contribution in [0.5, 0.6) is 0 Å². The van der Waals surface area contributed by atoms with Crippen LogP contribution in [0, 0.1) is 0 Å². The van der Waals surface area contributed by atoms with Crippen molar-refractivity contribution < 1.29 is 9.59 Å². The van der Waals surface area contributed by atoms with Gasteiger partial charge < -0.3 is 10.6 Å². The first kappa shape index (κ1) is 15.7. The highest BCUT2D eigenvalue weighted by molar-refractivity contribution is 7.11. The van der Waals surface area contributed by atoms with Crippen molar-refractivity contribution in [3.05, 3.63) is 44.8 Å². The largest absolute Gasteiger partial charge is 0.347 e. The summed E-state index contributed by atoms with van der Waals surface area (Å²) in [6.45, 7) is 1.95. The van der Waals surface area contributed by atoms with E-state index in [0.29, 0.717) is 6.42 Å². The Morgan fingerprint density at radius 3 is 2.19 bits per heavy atom. The highest BCUT2D eigenvalue weighted by atomic mass is 32.1. The molecule has 0 aliphatic heterocycles. The van der Waals surface area contributed by atoms with Crippen LogP contribution in [0.25, 0.3) is 0 Å². The highest BCUT2D eigenvalue weighted by Crippen LogP contribution is 2.28. The predicted molar refractivity (Wildman–Crippen MR) is 86.5 cm³/mol. The molecule has 6 heteroatoms. The van der Waals surface area contributed by atoms with Crippen molar-refractivity contribution in [3.8, 4) is 0 Å². The van der Waals surface area contributed by atoms with Crippen LogP contribution in [0.2, 0.25) is 0 Å². The van der Waals surface area contributed by atoms with Gasteiger partial charge in [0.05, 0.1) is 12.6 Å². The minimum atomic E-state index is -0.175. The van der Waals surface area contributed by atoms with Crippen LogP contribution in [0.1, 0.15) is 35.6 Å². The maximum atomic E-state index is 12.0. The summed E-state index contributed by atoms with van der Waals surface area (Å²) in [5, 5.41) is 9.60. The molecule has 0 aliphatic carbocycles. The lowest BCUT2D eigenvalue weighted by atomic mass is 10.2. The molecular formula is C15H18N2O2S2. The van der Waals surface area contributed by atoms with Crippen molar-refractivity contribution in [2.75, 3.05) is 6.54 Å². The highest BCUT2D eigenvalue weighted by Gasteiger charge is 2.18. The summed E-state index contributed by atoms with van der Waals surface area (Å²) < 4.78 is 0. The first-order chi connectivity index (χ1) is 10.2. The van der Waals surface area contributed by atoms with Crippen molar-refractivity contribution in [2.24, 2.45) is 0 Å². The van der Waals surface area contributed by atoms with E-state index in [1.54, 1.807) is 22.7 Å². The molecule has 0 saturated heterocycles. The summed E-state index contributed by atoms with van der Waals surface area (Å²) in [6.07, 6.45) is 1.23. The zero-order valence-electron chi connectivity index (χ0n) is 11.8. The van der Waals surface area contributed by atoms with E-state index < -0.39 is 0 Å². The maximum absolute atomic E-state index is 12.0. The average Bonchev–Trinajstić information content (AvgIpc) is 3.15. The molecule has 0 aliphatic rings. The Labute approximate surface area is 132 Å². The minimum absolute atomic E-state index is 0.0199. The molecule has 0 unspecified atom stereocenters. The summed E-state index contributed by atoms with van der Waals surface area (Å²) in [5.41, 5.74) is 0. The molecule has 2 aromatic rings. The lowest BCUT2D eigenvalue weighted by molar-refractivity contribution is -0.126. The van der Waals surface area contributed by atoms with Crippen LogP contribution in [-0.4, -0.2) is 18.4 Å². The van der Waals surface area contributed by atoms with Crippen LogP contribution < -0.4 is 10.6 Å². The molecule has 0 saturated carbocycles. The quantitative estimate of drug-likeness (QED) is 0.823. The van der Waals surface area contributed by atoms with E-state index in [1.807, 2.05) is 41.9 Å². The third kappa shape index (κ3) is 4.68. The van der Waals surface area contributed by atoms with Gasteiger partial charge in [0.15, 0.2) is 0 Å². The van der Waals surface area contributed by atoms with Gasteiger partial charge in [-0.05, 0) is 29.3 Å². The van der Waals surface area contributed by atoms with Crippen molar-refractivity contribution in [2.45, 2.75) is 25.8 Å². The number of nitrogens with one attached hydrogen (secondary N) is 2. The summed E-state index contributed by atoms with van der Waals surface area (Å²) in [4.78, 5) is 25.6. The van der Waals surface area contributed by atoms with Gasteiger partial charge in [-0.25, -0.2) is 0 Å². The SMILES string of the molecule is CCCC(=O)NCC(=O)NC(c1cccs1)c1cccs1.